The Morgan fingerprint density at radius 3 is 2.81 bits per heavy atom. The normalized spacial score (nSPS) is 13.8. The summed E-state index contributed by atoms with van der Waals surface area (Å²) in [4.78, 5) is 37.8. The van der Waals surface area contributed by atoms with E-state index >= 15 is 0 Å². The lowest BCUT2D eigenvalue weighted by Crippen LogP contribution is -2.34. The van der Waals surface area contributed by atoms with Crippen LogP contribution in [0.5, 0.6) is 0 Å². The molecule has 4 heterocycles. The molecule has 4 aromatic rings. The van der Waals surface area contributed by atoms with Crippen LogP contribution in [0.2, 0.25) is 0 Å². The molecule has 0 saturated heterocycles. The standard InChI is InChI=1S/C26H24N6O3S/c1-14-10-18(15(2)28-20-7-5-4-6-17(20)26(34)35)24-30-23(19(11-27)25(33)32(24)12-14)31-9-8-22-21(13-31)29-16(3)36-22/h4-7,10,12,15,28H,8-9,13H2,1-3H3,(H,34,35). The highest BCUT2D eigenvalue weighted by Gasteiger charge is 2.26. The van der Waals surface area contributed by atoms with Crippen molar-refractivity contribution < 1.29 is 9.90 Å². The molecule has 0 bridgehead atoms. The number of fused-ring (bicyclic) bond motifs is 2. The highest BCUT2D eigenvalue weighted by molar-refractivity contribution is 7.11. The third kappa shape index (κ3) is 4.07. The Labute approximate surface area is 211 Å². The van der Waals surface area contributed by atoms with Gasteiger partial charge < -0.3 is 15.3 Å². The smallest absolute Gasteiger partial charge is 0.337 e. The van der Waals surface area contributed by atoms with Gasteiger partial charge in [0.15, 0.2) is 11.4 Å². The molecule has 0 spiro atoms. The molecule has 0 radical (unpaired) electrons. The van der Waals surface area contributed by atoms with Gasteiger partial charge in [-0.1, -0.05) is 12.1 Å². The minimum absolute atomic E-state index is 0.00344. The Balaban J connectivity index is 1.63. The Kier molecular flexibility index (Phi) is 5.94. The summed E-state index contributed by atoms with van der Waals surface area (Å²) in [7, 11) is 0. The van der Waals surface area contributed by atoms with Gasteiger partial charge in [-0.25, -0.2) is 14.8 Å². The SMILES string of the molecule is Cc1cc(C(C)Nc2ccccc2C(=O)O)c2nc(N3CCc4sc(C)nc4C3)c(C#N)c(=O)n2c1. The fourth-order valence-corrected chi connectivity index (χ4v) is 5.59. The minimum Gasteiger partial charge on any atom is -0.478 e. The van der Waals surface area contributed by atoms with Crippen molar-refractivity contribution in [3.63, 3.8) is 0 Å². The Morgan fingerprint density at radius 1 is 1.28 bits per heavy atom. The summed E-state index contributed by atoms with van der Waals surface area (Å²) in [5.74, 6) is -0.682. The summed E-state index contributed by atoms with van der Waals surface area (Å²) in [5, 5.41) is 23.7. The number of aromatic carboxylic acids is 1. The summed E-state index contributed by atoms with van der Waals surface area (Å²) in [6.07, 6.45) is 2.45. The van der Waals surface area contributed by atoms with Crippen molar-refractivity contribution in [2.45, 2.75) is 39.8 Å². The van der Waals surface area contributed by atoms with Crippen molar-refractivity contribution in [2.24, 2.45) is 0 Å². The Hall–Kier alpha value is -4.23. The van der Waals surface area contributed by atoms with Gasteiger partial charge in [-0.15, -0.1) is 11.3 Å². The quantitative estimate of drug-likeness (QED) is 0.420. The number of carboxylic acids is 1. The van der Waals surface area contributed by atoms with Crippen molar-refractivity contribution in [3.05, 3.63) is 84.7 Å². The molecular formula is C26H24N6O3S. The number of anilines is 2. The number of hydrogen-bond acceptors (Lipinski definition) is 8. The van der Waals surface area contributed by atoms with Crippen LogP contribution in [-0.2, 0) is 13.0 Å². The molecule has 0 fully saturated rings. The number of pyridine rings is 1. The van der Waals surface area contributed by atoms with Gasteiger partial charge in [0.2, 0.25) is 0 Å². The second-order valence-corrected chi connectivity index (χ2v) is 10.2. The first-order valence-corrected chi connectivity index (χ1v) is 12.3. The number of para-hydroxylation sites is 1. The first-order chi connectivity index (χ1) is 17.3. The van der Waals surface area contributed by atoms with Crippen LogP contribution in [0.25, 0.3) is 5.65 Å². The summed E-state index contributed by atoms with van der Waals surface area (Å²) in [6, 6.07) is 10.3. The molecule has 9 nitrogen and oxygen atoms in total. The number of nitriles is 1. The molecule has 2 N–H and O–H groups in total. The lowest BCUT2D eigenvalue weighted by Gasteiger charge is -2.28. The summed E-state index contributed by atoms with van der Waals surface area (Å²) in [5.41, 5.74) is 3.11. The Bertz CT molecular complexity index is 1620. The molecule has 10 heteroatoms. The predicted octanol–water partition coefficient (Wildman–Crippen LogP) is 4.07. The van der Waals surface area contributed by atoms with Crippen molar-refractivity contribution in [1.82, 2.24) is 14.4 Å². The van der Waals surface area contributed by atoms with Gasteiger partial charge in [0.25, 0.3) is 5.56 Å². The summed E-state index contributed by atoms with van der Waals surface area (Å²) < 4.78 is 1.41. The molecule has 1 aliphatic rings. The van der Waals surface area contributed by atoms with Crippen molar-refractivity contribution in [3.8, 4) is 6.07 Å². The molecule has 0 aliphatic carbocycles. The van der Waals surface area contributed by atoms with Gasteiger partial charge in [-0.2, -0.15) is 5.26 Å². The van der Waals surface area contributed by atoms with E-state index in [1.165, 1.54) is 15.3 Å². The molecule has 36 heavy (non-hydrogen) atoms. The molecule has 5 rings (SSSR count). The lowest BCUT2D eigenvalue weighted by molar-refractivity contribution is 0.0698. The van der Waals surface area contributed by atoms with Crippen molar-refractivity contribution in [1.29, 1.82) is 5.26 Å². The number of benzene rings is 1. The van der Waals surface area contributed by atoms with E-state index in [9.17, 15) is 20.0 Å². The zero-order valence-corrected chi connectivity index (χ0v) is 20.9. The molecule has 0 saturated carbocycles. The molecular weight excluding hydrogens is 476 g/mol. The molecule has 1 aromatic carbocycles. The van der Waals surface area contributed by atoms with Gasteiger partial charge in [-0.05, 0) is 44.5 Å². The first kappa shape index (κ1) is 23.5. The van der Waals surface area contributed by atoms with E-state index < -0.39 is 11.5 Å². The number of hydrogen-bond donors (Lipinski definition) is 2. The van der Waals surface area contributed by atoms with Gasteiger partial charge in [0.1, 0.15) is 11.7 Å². The summed E-state index contributed by atoms with van der Waals surface area (Å²) >= 11 is 1.68. The minimum atomic E-state index is -1.03. The van der Waals surface area contributed by atoms with Crippen LogP contribution in [0, 0.1) is 25.2 Å². The fraction of sp³-hybridized carbons (Fsp3) is 0.269. The van der Waals surface area contributed by atoms with Crippen LogP contribution in [0.4, 0.5) is 11.5 Å². The zero-order valence-electron chi connectivity index (χ0n) is 20.1. The molecule has 1 unspecified atom stereocenters. The second kappa shape index (κ2) is 9.09. The fourth-order valence-electron chi connectivity index (χ4n) is 4.66. The first-order valence-electron chi connectivity index (χ1n) is 11.5. The maximum absolute atomic E-state index is 13.5. The second-order valence-electron chi connectivity index (χ2n) is 8.88. The van der Waals surface area contributed by atoms with Crippen LogP contribution in [0.3, 0.4) is 0 Å². The van der Waals surface area contributed by atoms with E-state index in [-0.39, 0.29) is 17.2 Å². The number of nitrogens with zero attached hydrogens (tertiary/aromatic N) is 5. The largest absolute Gasteiger partial charge is 0.478 e. The highest BCUT2D eigenvalue weighted by atomic mass is 32.1. The number of rotatable bonds is 5. The van der Waals surface area contributed by atoms with Crippen LogP contribution in [-0.4, -0.2) is 32.0 Å². The van der Waals surface area contributed by atoms with Crippen LogP contribution < -0.4 is 15.8 Å². The number of carbonyl (C=O) groups is 1. The monoisotopic (exact) mass is 500 g/mol. The van der Waals surface area contributed by atoms with Gasteiger partial charge in [0.05, 0.1) is 28.9 Å². The number of nitrogens with one attached hydrogen (secondary N) is 1. The zero-order chi connectivity index (χ0) is 25.6. The van der Waals surface area contributed by atoms with Gasteiger partial charge in [0, 0.05) is 35.3 Å². The number of thiazole rings is 1. The number of aromatic nitrogens is 3. The molecule has 1 atom stereocenters. The van der Waals surface area contributed by atoms with Gasteiger partial charge >= 0.3 is 5.97 Å². The average Bonchev–Trinajstić information content (AvgIpc) is 3.23. The number of aryl methyl sites for hydroxylation is 2. The van der Waals surface area contributed by atoms with E-state index in [0.29, 0.717) is 30.2 Å². The van der Waals surface area contributed by atoms with Gasteiger partial charge in [-0.3, -0.25) is 9.20 Å². The maximum Gasteiger partial charge on any atom is 0.337 e. The van der Waals surface area contributed by atoms with E-state index in [1.807, 2.05) is 31.7 Å². The average molecular weight is 501 g/mol. The molecule has 3 aromatic heterocycles. The molecule has 182 valence electrons. The van der Waals surface area contributed by atoms with Crippen LogP contribution >= 0.6 is 11.3 Å². The van der Waals surface area contributed by atoms with Crippen LogP contribution in [0.15, 0.2) is 41.3 Å². The summed E-state index contributed by atoms with van der Waals surface area (Å²) in [6.45, 7) is 6.84. The van der Waals surface area contributed by atoms with E-state index in [1.54, 1.807) is 35.7 Å². The van der Waals surface area contributed by atoms with Crippen molar-refractivity contribution >= 4 is 34.5 Å². The number of carboxylic acid groups (broad SMARTS) is 1. The lowest BCUT2D eigenvalue weighted by atomic mass is 10.1. The molecule has 1 aliphatic heterocycles. The topological polar surface area (TPSA) is 124 Å². The highest BCUT2D eigenvalue weighted by Crippen LogP contribution is 2.30. The third-order valence-electron chi connectivity index (χ3n) is 6.31. The van der Waals surface area contributed by atoms with Crippen LogP contribution in [0.1, 0.15) is 55.6 Å². The van der Waals surface area contributed by atoms with E-state index in [0.717, 1.165) is 28.2 Å². The Morgan fingerprint density at radius 2 is 2.06 bits per heavy atom. The van der Waals surface area contributed by atoms with E-state index in [4.69, 9.17) is 4.98 Å². The third-order valence-corrected chi connectivity index (χ3v) is 7.39. The maximum atomic E-state index is 13.5. The molecule has 0 amide bonds. The predicted molar refractivity (Wildman–Crippen MR) is 138 cm³/mol. The van der Waals surface area contributed by atoms with Crippen molar-refractivity contribution in [2.75, 3.05) is 16.8 Å². The van der Waals surface area contributed by atoms with E-state index in [2.05, 4.69) is 16.4 Å².